The summed E-state index contributed by atoms with van der Waals surface area (Å²) in [5, 5.41) is 27.6. The Morgan fingerprint density at radius 3 is 2.53 bits per heavy atom. The summed E-state index contributed by atoms with van der Waals surface area (Å²) in [4.78, 5) is 14.6. The monoisotopic (exact) mass is 469 g/mol. The SMILES string of the molecule is CCCCOC(=O)/C(C#N)=C/c1sc(/N=N/c2ccc(N(C)C(C)C)cc2)c(C#N)c1Cl. The van der Waals surface area contributed by atoms with Crippen molar-refractivity contribution in [2.45, 2.75) is 39.7 Å². The van der Waals surface area contributed by atoms with Crippen LogP contribution in [0.4, 0.5) is 16.4 Å². The molecular weight excluding hydrogens is 446 g/mol. The van der Waals surface area contributed by atoms with Gasteiger partial charge in [0.2, 0.25) is 0 Å². The maximum Gasteiger partial charge on any atom is 0.348 e. The average Bonchev–Trinajstić information content (AvgIpc) is 3.09. The highest BCUT2D eigenvalue weighted by atomic mass is 35.5. The number of thiophene rings is 1. The third kappa shape index (κ3) is 6.40. The number of hydrogen-bond acceptors (Lipinski definition) is 8. The van der Waals surface area contributed by atoms with Crippen LogP contribution in [-0.4, -0.2) is 25.7 Å². The number of rotatable bonds is 9. The van der Waals surface area contributed by atoms with E-state index in [2.05, 4.69) is 29.0 Å². The van der Waals surface area contributed by atoms with Crippen molar-refractivity contribution in [3.8, 4) is 12.1 Å². The molecule has 0 saturated heterocycles. The molecule has 7 nitrogen and oxygen atoms in total. The van der Waals surface area contributed by atoms with Crippen molar-refractivity contribution in [3.05, 3.63) is 45.3 Å². The largest absolute Gasteiger partial charge is 0.462 e. The van der Waals surface area contributed by atoms with Gasteiger partial charge in [0, 0.05) is 18.8 Å². The third-order valence-electron chi connectivity index (χ3n) is 4.60. The van der Waals surface area contributed by atoms with E-state index in [0.717, 1.165) is 23.4 Å². The van der Waals surface area contributed by atoms with Crippen LogP contribution in [0, 0.1) is 22.7 Å². The van der Waals surface area contributed by atoms with Gasteiger partial charge in [-0.25, -0.2) is 4.79 Å². The lowest BCUT2D eigenvalue weighted by Gasteiger charge is -2.23. The van der Waals surface area contributed by atoms with E-state index in [-0.39, 0.29) is 22.8 Å². The van der Waals surface area contributed by atoms with Crippen molar-refractivity contribution in [3.63, 3.8) is 0 Å². The summed E-state index contributed by atoms with van der Waals surface area (Å²) in [7, 11) is 2.01. The topological polar surface area (TPSA) is 102 Å². The van der Waals surface area contributed by atoms with Gasteiger partial charge in [0.05, 0.1) is 22.2 Å². The second kappa shape index (κ2) is 12.0. The van der Waals surface area contributed by atoms with Crippen LogP contribution in [0.2, 0.25) is 5.02 Å². The van der Waals surface area contributed by atoms with Gasteiger partial charge in [0.25, 0.3) is 0 Å². The van der Waals surface area contributed by atoms with Gasteiger partial charge in [-0.05, 0) is 50.6 Å². The maximum atomic E-state index is 12.1. The normalized spacial score (nSPS) is 11.4. The minimum atomic E-state index is -0.724. The predicted octanol–water partition coefficient (Wildman–Crippen LogP) is 6.78. The van der Waals surface area contributed by atoms with E-state index >= 15 is 0 Å². The zero-order chi connectivity index (χ0) is 23.7. The standard InChI is InChI=1S/C23H24ClN5O2S/c1-5-6-11-31-23(30)16(13-25)12-20-21(24)19(14-26)22(32-20)28-27-17-7-9-18(10-8-17)29(4)15(2)3/h7-10,12,15H,5-6,11H2,1-4H3/b16-12+,28-27+. The first kappa shape index (κ1) is 25.1. The van der Waals surface area contributed by atoms with E-state index < -0.39 is 5.97 Å². The van der Waals surface area contributed by atoms with Crippen LogP contribution in [-0.2, 0) is 9.53 Å². The van der Waals surface area contributed by atoms with Crippen LogP contribution >= 0.6 is 22.9 Å². The summed E-state index contributed by atoms with van der Waals surface area (Å²) in [5.41, 5.74) is 1.62. The predicted molar refractivity (Wildman–Crippen MR) is 128 cm³/mol. The van der Waals surface area contributed by atoms with Gasteiger partial charge in [-0.3, -0.25) is 0 Å². The third-order valence-corrected chi connectivity index (χ3v) is 6.13. The summed E-state index contributed by atoms with van der Waals surface area (Å²) in [5.74, 6) is -0.724. The molecule has 0 aliphatic rings. The Labute approximate surface area is 197 Å². The van der Waals surface area contributed by atoms with E-state index in [1.54, 1.807) is 0 Å². The summed E-state index contributed by atoms with van der Waals surface area (Å²) in [6, 6.07) is 11.7. The minimum Gasteiger partial charge on any atom is -0.462 e. The second-order valence-corrected chi connectivity index (χ2v) is 8.56. The zero-order valence-electron chi connectivity index (χ0n) is 18.4. The molecule has 0 N–H and O–H groups in total. The van der Waals surface area contributed by atoms with Gasteiger partial charge in [-0.2, -0.15) is 10.5 Å². The number of hydrogen-bond donors (Lipinski definition) is 0. The van der Waals surface area contributed by atoms with Crippen molar-refractivity contribution in [1.82, 2.24) is 0 Å². The fourth-order valence-corrected chi connectivity index (χ4v) is 3.75. The molecular formula is C23H24ClN5O2S. The van der Waals surface area contributed by atoms with Gasteiger partial charge in [0.1, 0.15) is 23.3 Å². The molecule has 2 rings (SSSR count). The van der Waals surface area contributed by atoms with Crippen LogP contribution in [0.25, 0.3) is 6.08 Å². The second-order valence-electron chi connectivity index (χ2n) is 7.15. The molecule has 0 aliphatic carbocycles. The number of carbonyl (C=O) groups excluding carboxylic acids is 1. The van der Waals surface area contributed by atoms with Crippen LogP contribution in [0.1, 0.15) is 44.1 Å². The van der Waals surface area contributed by atoms with Crippen molar-refractivity contribution < 1.29 is 9.53 Å². The van der Waals surface area contributed by atoms with E-state index in [0.29, 0.717) is 28.0 Å². The lowest BCUT2D eigenvalue weighted by atomic mass is 10.2. The molecule has 0 spiro atoms. The van der Waals surface area contributed by atoms with Gasteiger partial charge >= 0.3 is 5.97 Å². The number of halogens is 1. The van der Waals surface area contributed by atoms with Crippen LogP contribution in [0.5, 0.6) is 0 Å². The van der Waals surface area contributed by atoms with Gasteiger partial charge in [-0.1, -0.05) is 24.9 Å². The quantitative estimate of drug-likeness (QED) is 0.132. The van der Waals surface area contributed by atoms with E-state index in [1.165, 1.54) is 6.08 Å². The maximum absolute atomic E-state index is 12.1. The van der Waals surface area contributed by atoms with Crippen molar-refractivity contribution in [2.24, 2.45) is 10.2 Å². The number of azo groups is 1. The Bertz CT molecular complexity index is 1090. The fraction of sp³-hybridized carbons (Fsp3) is 0.348. The smallest absolute Gasteiger partial charge is 0.348 e. The number of ether oxygens (including phenoxy) is 1. The summed E-state index contributed by atoms with van der Waals surface area (Å²) in [6.07, 6.45) is 2.90. The molecule has 32 heavy (non-hydrogen) atoms. The van der Waals surface area contributed by atoms with Crippen molar-refractivity contribution >= 4 is 51.4 Å². The molecule has 0 aliphatic heterocycles. The number of esters is 1. The molecule has 166 valence electrons. The molecule has 0 bridgehead atoms. The van der Waals surface area contributed by atoms with Crippen molar-refractivity contribution in [1.29, 1.82) is 10.5 Å². The number of carbonyl (C=O) groups is 1. The molecule has 1 heterocycles. The first-order valence-electron chi connectivity index (χ1n) is 10.1. The zero-order valence-corrected chi connectivity index (χ0v) is 20.0. The Morgan fingerprint density at radius 2 is 1.97 bits per heavy atom. The molecule has 1 aromatic heterocycles. The van der Waals surface area contributed by atoms with E-state index in [4.69, 9.17) is 16.3 Å². The number of nitrogens with zero attached hydrogens (tertiary/aromatic N) is 5. The number of unbranched alkanes of at least 4 members (excludes halogenated alkanes) is 1. The molecule has 0 unspecified atom stereocenters. The minimum absolute atomic E-state index is 0.120. The average molecular weight is 470 g/mol. The highest BCUT2D eigenvalue weighted by Crippen LogP contribution is 2.40. The van der Waals surface area contributed by atoms with E-state index in [1.807, 2.05) is 50.4 Å². The van der Waals surface area contributed by atoms with E-state index in [9.17, 15) is 15.3 Å². The van der Waals surface area contributed by atoms with Crippen LogP contribution < -0.4 is 4.90 Å². The first-order valence-corrected chi connectivity index (χ1v) is 11.3. The Balaban J connectivity index is 2.27. The van der Waals surface area contributed by atoms with Crippen molar-refractivity contribution in [2.75, 3.05) is 18.6 Å². The molecule has 2 aromatic rings. The molecule has 0 radical (unpaired) electrons. The van der Waals surface area contributed by atoms with Gasteiger partial charge in [-0.15, -0.1) is 21.6 Å². The summed E-state index contributed by atoms with van der Waals surface area (Å²) < 4.78 is 5.08. The first-order chi connectivity index (χ1) is 15.3. The molecule has 1 aromatic carbocycles. The molecule has 0 fully saturated rings. The lowest BCUT2D eigenvalue weighted by Crippen LogP contribution is -2.25. The molecule has 9 heteroatoms. The number of anilines is 1. The van der Waals surface area contributed by atoms with Gasteiger partial charge < -0.3 is 9.64 Å². The molecule has 0 atom stereocenters. The summed E-state index contributed by atoms with van der Waals surface area (Å²) >= 11 is 7.38. The Morgan fingerprint density at radius 1 is 1.28 bits per heavy atom. The fourth-order valence-electron chi connectivity index (χ4n) is 2.49. The highest BCUT2D eigenvalue weighted by Gasteiger charge is 2.18. The van der Waals surface area contributed by atoms with Crippen LogP contribution in [0.3, 0.4) is 0 Å². The lowest BCUT2D eigenvalue weighted by molar-refractivity contribution is -0.138. The Kier molecular flexibility index (Phi) is 9.39. The van der Waals surface area contributed by atoms with Gasteiger partial charge in [0.15, 0.2) is 5.00 Å². The number of benzene rings is 1. The molecule has 0 saturated carbocycles. The molecule has 0 amide bonds. The number of nitriles is 2. The summed E-state index contributed by atoms with van der Waals surface area (Å²) in [6.45, 7) is 6.41. The highest BCUT2D eigenvalue weighted by molar-refractivity contribution is 7.17. The van der Waals surface area contributed by atoms with Crippen LogP contribution in [0.15, 0.2) is 40.1 Å². The Hall–Kier alpha value is -3.20.